The summed E-state index contributed by atoms with van der Waals surface area (Å²) in [5.74, 6) is 0.533. The highest BCUT2D eigenvalue weighted by Crippen LogP contribution is 2.40. The molecule has 0 atom stereocenters. The SMILES string of the molecule is CC(C)(C)OC(=O)N1CC=C(B2OC(C)(C)C(C)(C)O2)CC1.CC(C)(C)OC(=O)N1CC=C(c2ccc(CCNC(=O)OCc3ccccc3)cc2)CC1.CC(C)(C)OC(=O)N1CCC(c2ccc(CCN)cc2)CC1.NCCc1ccc(Br)cc1.O=C(Cl)OCc1ccccc1.O=C(NCCc1ccc(Br)cc1)OCc1ccccc1. The van der Waals surface area contributed by atoms with Crippen LogP contribution in [0, 0.1) is 0 Å². The molecule has 25 heteroatoms. The van der Waals surface area contributed by atoms with Crippen molar-refractivity contribution >= 4 is 92.0 Å². The van der Waals surface area contributed by atoms with Crippen molar-refractivity contribution in [3.8, 4) is 0 Å². The summed E-state index contributed by atoms with van der Waals surface area (Å²) in [7, 11) is -0.314. The van der Waals surface area contributed by atoms with E-state index < -0.39 is 28.3 Å². The van der Waals surface area contributed by atoms with Crippen LogP contribution in [0.1, 0.15) is 172 Å². The van der Waals surface area contributed by atoms with E-state index in [9.17, 15) is 28.8 Å². The maximum Gasteiger partial charge on any atom is 0.490 e. The highest BCUT2D eigenvalue weighted by molar-refractivity contribution is 9.10. The summed E-state index contributed by atoms with van der Waals surface area (Å²) in [5.41, 5.74) is 20.8. The summed E-state index contributed by atoms with van der Waals surface area (Å²) in [6.07, 6.45) is 9.54. The lowest BCUT2D eigenvalue weighted by Crippen LogP contribution is -2.41. The first kappa shape index (κ1) is 96.8. The van der Waals surface area contributed by atoms with Gasteiger partial charge in [-0.3, -0.25) is 0 Å². The molecule has 0 radical (unpaired) electrons. The van der Waals surface area contributed by atoms with E-state index in [1.807, 2.05) is 228 Å². The van der Waals surface area contributed by atoms with Crippen LogP contribution in [0.4, 0.5) is 28.8 Å². The Morgan fingerprint density at radius 1 is 0.453 bits per heavy atom. The van der Waals surface area contributed by atoms with Gasteiger partial charge in [0, 0.05) is 72.9 Å². The first-order valence-corrected chi connectivity index (χ1v) is 41.9. The summed E-state index contributed by atoms with van der Waals surface area (Å²) >= 11 is 11.7. The molecular weight excluding hydrogens is 1630 g/mol. The number of piperidine rings is 1. The van der Waals surface area contributed by atoms with E-state index in [2.05, 4.69) is 114 Å². The third-order valence-electron chi connectivity index (χ3n) is 18.9. The van der Waals surface area contributed by atoms with Gasteiger partial charge in [0.25, 0.3) is 0 Å². The summed E-state index contributed by atoms with van der Waals surface area (Å²) in [4.78, 5) is 75.1. The second kappa shape index (κ2) is 48.8. The predicted octanol–water partition coefficient (Wildman–Crippen LogP) is 20.1. The number of carbonyl (C=O) groups is 6. The lowest BCUT2D eigenvalue weighted by molar-refractivity contribution is 0.00578. The summed E-state index contributed by atoms with van der Waals surface area (Å²) < 4.78 is 45.5. The monoisotopic (exact) mass is 1750 g/mol. The van der Waals surface area contributed by atoms with Gasteiger partial charge in [0.05, 0.1) is 11.2 Å². The van der Waals surface area contributed by atoms with Gasteiger partial charge in [0.2, 0.25) is 0 Å². The molecule has 4 heterocycles. The molecule has 5 amide bonds. The lowest BCUT2D eigenvalue weighted by Gasteiger charge is -2.33. The van der Waals surface area contributed by atoms with Crippen LogP contribution in [0.15, 0.2) is 215 Å². The van der Waals surface area contributed by atoms with Gasteiger partial charge in [0.15, 0.2) is 0 Å². The number of hydrogen-bond acceptors (Lipinski definition) is 16. The molecule has 0 spiro atoms. The van der Waals surface area contributed by atoms with Crippen molar-refractivity contribution in [2.75, 3.05) is 65.4 Å². The highest BCUT2D eigenvalue weighted by atomic mass is 79.9. The van der Waals surface area contributed by atoms with Gasteiger partial charge in [-0.25, -0.2) is 28.8 Å². The standard InChI is InChI=1S/C26H32N2O4.C18H28N2O2.C16H28BNO4.C16H16BrNO2.C8H10BrN.C8H7ClO2/c1-26(2,3)32-25(30)28-17-14-23(15-18-28)22-11-9-20(10-12-22)13-16-27-24(29)31-19-21-7-5-4-6-8-21;1-18(2,3)22-17(21)20-12-9-16(10-13-20)15-6-4-14(5-7-15)8-11-19;1-14(2,3)20-13(19)18-10-8-12(9-11-18)17-21-15(4,5)16(6,7)22-17;17-15-8-6-13(7-9-15)10-11-18-16(19)20-12-14-4-2-1-3-5-14;9-8-3-1-7(2-4-8)5-6-10;9-8(10)11-6-7-4-2-1-3-5-7/h4-12,14H,13,15-19H2,1-3H3,(H,27,29);4-7,16H,8-13,19H2,1-3H3;8H,9-11H2,1-7H3;1-9H,10-12H2,(H,18,19);1-4H,5-6,10H2;1-5H,6H2. The molecule has 7 aromatic carbocycles. The van der Waals surface area contributed by atoms with Crippen LogP contribution in [0.2, 0.25) is 0 Å². The van der Waals surface area contributed by atoms with E-state index in [1.54, 1.807) is 9.80 Å². The maximum atomic E-state index is 12.2. The first-order chi connectivity index (χ1) is 55.4. The number of nitrogens with two attached hydrogens (primary N) is 2. The number of nitrogens with zero attached hydrogens (tertiary/aromatic N) is 3. The zero-order valence-corrected chi connectivity index (χ0v) is 74.3. The van der Waals surface area contributed by atoms with E-state index in [-0.39, 0.29) is 55.9 Å². The summed E-state index contributed by atoms with van der Waals surface area (Å²) in [6.45, 7) is 32.3. The van der Waals surface area contributed by atoms with Gasteiger partial charge in [-0.05, 0) is 246 Å². The van der Waals surface area contributed by atoms with E-state index in [1.165, 1.54) is 27.8 Å². The second-order valence-corrected chi connectivity index (χ2v) is 34.6. The number of amides is 5. The number of rotatable bonds is 19. The molecule has 2 saturated heterocycles. The van der Waals surface area contributed by atoms with Crippen molar-refractivity contribution in [1.82, 2.24) is 25.3 Å². The molecule has 21 nitrogen and oxygen atoms in total. The topological polar surface area (TPSA) is 262 Å². The Morgan fingerprint density at radius 3 is 1.15 bits per heavy atom. The lowest BCUT2D eigenvalue weighted by atomic mass is 9.75. The third-order valence-corrected chi connectivity index (χ3v) is 20.1. The van der Waals surface area contributed by atoms with Gasteiger partial charge in [-0.1, -0.05) is 208 Å². The van der Waals surface area contributed by atoms with Crippen LogP contribution in [0.3, 0.4) is 0 Å². The summed E-state index contributed by atoms with van der Waals surface area (Å²) in [6, 6.07) is 62.0. The smallest absolute Gasteiger partial charge is 0.449 e. The zero-order chi connectivity index (χ0) is 85.6. The Morgan fingerprint density at radius 2 is 0.803 bits per heavy atom. The number of halogens is 3. The molecule has 4 aliphatic rings. The molecule has 0 bridgehead atoms. The fourth-order valence-corrected chi connectivity index (χ4v) is 12.5. The molecule has 2 fully saturated rings. The number of alkyl carbamates (subject to hydrolysis) is 2. The van der Waals surface area contributed by atoms with Crippen LogP contribution in [0.25, 0.3) is 5.57 Å². The van der Waals surface area contributed by atoms with Crippen molar-refractivity contribution in [2.24, 2.45) is 11.5 Å². The predicted molar refractivity (Wildman–Crippen MR) is 473 cm³/mol. The van der Waals surface area contributed by atoms with Crippen LogP contribution in [-0.4, -0.2) is 151 Å². The van der Waals surface area contributed by atoms with Crippen molar-refractivity contribution in [3.05, 3.63) is 265 Å². The average Bonchev–Trinajstić information content (AvgIpc) is 1.63. The van der Waals surface area contributed by atoms with Crippen molar-refractivity contribution in [2.45, 2.75) is 195 Å². The van der Waals surface area contributed by atoms with Crippen molar-refractivity contribution < 1.29 is 66.5 Å². The first-order valence-electron chi connectivity index (χ1n) is 40.0. The molecule has 11 rings (SSSR count). The minimum atomic E-state index is -0.770. The van der Waals surface area contributed by atoms with Gasteiger partial charge >= 0.3 is 43.0 Å². The molecule has 117 heavy (non-hydrogen) atoms. The summed E-state index contributed by atoms with van der Waals surface area (Å²) in [5, 5.41) is 5.53. The fraction of sp³-hybridized carbons (Fsp3) is 0.435. The fourth-order valence-electron chi connectivity index (χ4n) is 11.9. The molecule has 6 N–H and O–H groups in total. The zero-order valence-electron chi connectivity index (χ0n) is 70.4. The van der Waals surface area contributed by atoms with E-state index in [4.69, 9.17) is 56.1 Å². The average molecular weight is 1760 g/mol. The second-order valence-electron chi connectivity index (χ2n) is 32.4. The Kier molecular flexibility index (Phi) is 40.4. The van der Waals surface area contributed by atoms with Gasteiger partial charge in [0.1, 0.15) is 36.6 Å². The van der Waals surface area contributed by atoms with Crippen LogP contribution in [-0.2, 0) is 83.2 Å². The number of likely N-dealkylation sites (tertiary alicyclic amines) is 1. The van der Waals surface area contributed by atoms with Crippen molar-refractivity contribution in [1.29, 1.82) is 0 Å². The number of ether oxygens (including phenoxy) is 6. The quantitative estimate of drug-likeness (QED) is 0.0333. The van der Waals surface area contributed by atoms with Crippen LogP contribution < -0.4 is 22.1 Å². The Hall–Kier alpha value is -9.01. The van der Waals surface area contributed by atoms with Crippen molar-refractivity contribution in [3.63, 3.8) is 0 Å². The van der Waals surface area contributed by atoms with Crippen LogP contribution >= 0.6 is 43.5 Å². The number of nitrogens with one attached hydrogen (secondary N) is 2. The molecule has 632 valence electrons. The Labute approximate surface area is 716 Å². The Bertz CT molecular complexity index is 4200. The molecule has 0 aromatic heterocycles. The Balaban J connectivity index is 0.000000226. The van der Waals surface area contributed by atoms with E-state index in [0.717, 1.165) is 113 Å². The largest absolute Gasteiger partial charge is 0.490 e. The highest BCUT2D eigenvalue weighted by Gasteiger charge is 2.52. The molecule has 7 aromatic rings. The molecule has 0 aliphatic carbocycles. The van der Waals surface area contributed by atoms with E-state index >= 15 is 0 Å². The van der Waals surface area contributed by atoms with Gasteiger partial charge in [-0.15, -0.1) is 0 Å². The normalized spacial score (nSPS) is 14.9. The number of carbonyl (C=O) groups excluding carboxylic acids is 6. The minimum absolute atomic E-state index is 0.191. The molecule has 0 saturated carbocycles. The van der Waals surface area contributed by atoms with Gasteiger partial charge in [-0.2, -0.15) is 0 Å². The van der Waals surface area contributed by atoms with Gasteiger partial charge < -0.3 is 74.5 Å². The number of benzene rings is 7. The molecular formula is C92H121BBr2ClN7O14. The minimum Gasteiger partial charge on any atom is -0.449 e. The molecule has 4 aliphatic heterocycles. The molecule has 0 unspecified atom stereocenters. The van der Waals surface area contributed by atoms with E-state index in [0.29, 0.717) is 58.3 Å². The maximum absolute atomic E-state index is 12.2. The van der Waals surface area contributed by atoms with Crippen LogP contribution in [0.5, 0.6) is 0 Å². The third kappa shape index (κ3) is 38.1. The number of hydrogen-bond donors (Lipinski definition) is 4.